The van der Waals surface area contributed by atoms with Crippen LogP contribution in [0.15, 0.2) is 30.3 Å². The fourth-order valence-electron chi connectivity index (χ4n) is 3.53. The van der Waals surface area contributed by atoms with Crippen molar-refractivity contribution in [2.45, 2.75) is 19.3 Å². The van der Waals surface area contributed by atoms with Crippen LogP contribution in [0.1, 0.15) is 29.8 Å². The molecule has 0 atom stereocenters. The van der Waals surface area contributed by atoms with E-state index in [4.69, 9.17) is 0 Å². The van der Waals surface area contributed by atoms with Gasteiger partial charge in [-0.25, -0.2) is 0 Å². The summed E-state index contributed by atoms with van der Waals surface area (Å²) in [5, 5.41) is 1.07. The van der Waals surface area contributed by atoms with E-state index in [1.165, 1.54) is 12.8 Å². The number of hydrogen-bond donors (Lipinski definition) is 0. The first-order chi connectivity index (χ1) is 11.6. The van der Waals surface area contributed by atoms with Crippen LogP contribution in [-0.4, -0.2) is 52.4 Å². The van der Waals surface area contributed by atoms with Gasteiger partial charge in [0.1, 0.15) is 5.69 Å². The molecule has 24 heavy (non-hydrogen) atoms. The largest absolute Gasteiger partial charge is 0.341 e. The zero-order valence-electron chi connectivity index (χ0n) is 14.1. The molecule has 2 aliphatic rings. The van der Waals surface area contributed by atoms with Crippen LogP contribution in [0.4, 0.5) is 0 Å². The average Bonchev–Trinajstić information content (AvgIpc) is 3.37. The molecular formula is C19H23N3O2. The highest BCUT2D eigenvalue weighted by Gasteiger charge is 2.30. The van der Waals surface area contributed by atoms with Gasteiger partial charge in [0.2, 0.25) is 5.91 Å². The lowest BCUT2D eigenvalue weighted by Gasteiger charge is -2.22. The Morgan fingerprint density at radius 1 is 1.17 bits per heavy atom. The van der Waals surface area contributed by atoms with Crippen molar-refractivity contribution in [2.24, 2.45) is 13.0 Å². The van der Waals surface area contributed by atoms with Gasteiger partial charge < -0.3 is 14.4 Å². The van der Waals surface area contributed by atoms with E-state index in [0.29, 0.717) is 37.7 Å². The second-order valence-electron chi connectivity index (χ2n) is 6.97. The summed E-state index contributed by atoms with van der Waals surface area (Å²) in [6.07, 6.45) is 2.91. The summed E-state index contributed by atoms with van der Waals surface area (Å²) in [6, 6.07) is 9.96. The van der Waals surface area contributed by atoms with Crippen molar-refractivity contribution in [3.05, 3.63) is 36.0 Å². The van der Waals surface area contributed by atoms with Gasteiger partial charge in [-0.1, -0.05) is 18.2 Å². The summed E-state index contributed by atoms with van der Waals surface area (Å²) in [4.78, 5) is 29.0. The first-order valence-corrected chi connectivity index (χ1v) is 8.75. The molecule has 1 aliphatic heterocycles. The standard InChI is InChI=1S/C19H23N3O2/c1-20-16-5-3-2-4-15(16)12-17(20)19(24)21-9-8-18(23)22(11-10-21)13-14-6-7-14/h2-5,12,14H,6-11,13H2,1H3. The van der Waals surface area contributed by atoms with Gasteiger partial charge in [0.05, 0.1) is 0 Å². The van der Waals surface area contributed by atoms with Crippen molar-refractivity contribution in [3.8, 4) is 0 Å². The maximum Gasteiger partial charge on any atom is 0.270 e. The van der Waals surface area contributed by atoms with Crippen LogP contribution in [0.25, 0.3) is 10.9 Å². The van der Waals surface area contributed by atoms with Crippen LogP contribution in [-0.2, 0) is 11.8 Å². The number of aromatic nitrogens is 1. The van der Waals surface area contributed by atoms with E-state index >= 15 is 0 Å². The van der Waals surface area contributed by atoms with Gasteiger partial charge in [-0.3, -0.25) is 9.59 Å². The van der Waals surface area contributed by atoms with Crippen molar-refractivity contribution in [3.63, 3.8) is 0 Å². The molecule has 1 aromatic carbocycles. The number of para-hydroxylation sites is 1. The van der Waals surface area contributed by atoms with Crippen LogP contribution < -0.4 is 0 Å². The average molecular weight is 325 g/mol. The molecule has 5 heteroatoms. The Bertz CT molecular complexity index is 791. The number of benzene rings is 1. The minimum Gasteiger partial charge on any atom is -0.341 e. The Hall–Kier alpha value is -2.30. The lowest BCUT2D eigenvalue weighted by Crippen LogP contribution is -2.37. The van der Waals surface area contributed by atoms with Crippen molar-refractivity contribution in [1.82, 2.24) is 14.4 Å². The minimum atomic E-state index is 0.0229. The van der Waals surface area contributed by atoms with Gasteiger partial charge in [-0.05, 0) is 30.9 Å². The Morgan fingerprint density at radius 2 is 1.96 bits per heavy atom. The molecular weight excluding hydrogens is 302 g/mol. The number of aryl methyl sites for hydroxylation is 1. The van der Waals surface area contributed by atoms with Gasteiger partial charge in [0.15, 0.2) is 0 Å². The molecule has 4 rings (SSSR count). The second kappa shape index (κ2) is 5.96. The van der Waals surface area contributed by atoms with Gasteiger partial charge in [-0.2, -0.15) is 0 Å². The molecule has 0 N–H and O–H groups in total. The smallest absolute Gasteiger partial charge is 0.270 e. The third-order valence-electron chi connectivity index (χ3n) is 5.22. The molecule has 2 amide bonds. The topological polar surface area (TPSA) is 45.6 Å². The highest BCUT2D eigenvalue weighted by molar-refractivity contribution is 5.99. The summed E-state index contributed by atoms with van der Waals surface area (Å²) in [5.74, 6) is 0.901. The number of fused-ring (bicyclic) bond motifs is 1. The SMILES string of the molecule is Cn1c(C(=O)N2CCC(=O)N(CC3CC3)CC2)cc2ccccc21. The van der Waals surface area contributed by atoms with E-state index in [0.717, 1.165) is 17.4 Å². The number of nitrogens with zero attached hydrogens (tertiary/aromatic N) is 3. The molecule has 1 saturated heterocycles. The lowest BCUT2D eigenvalue weighted by atomic mass is 10.2. The van der Waals surface area contributed by atoms with Crippen LogP contribution >= 0.6 is 0 Å². The first-order valence-electron chi connectivity index (χ1n) is 8.75. The summed E-state index contributed by atoms with van der Waals surface area (Å²) in [7, 11) is 1.93. The zero-order valence-corrected chi connectivity index (χ0v) is 14.1. The Kier molecular flexibility index (Phi) is 3.79. The van der Waals surface area contributed by atoms with E-state index in [9.17, 15) is 9.59 Å². The van der Waals surface area contributed by atoms with E-state index < -0.39 is 0 Å². The second-order valence-corrected chi connectivity index (χ2v) is 6.97. The van der Waals surface area contributed by atoms with Crippen LogP contribution in [0.5, 0.6) is 0 Å². The maximum absolute atomic E-state index is 13.0. The third-order valence-corrected chi connectivity index (χ3v) is 5.22. The number of amides is 2. The minimum absolute atomic E-state index is 0.0229. The molecule has 2 aromatic rings. The van der Waals surface area contributed by atoms with Crippen LogP contribution in [0.2, 0.25) is 0 Å². The Morgan fingerprint density at radius 3 is 2.71 bits per heavy atom. The van der Waals surface area contributed by atoms with E-state index in [2.05, 4.69) is 0 Å². The first kappa shape index (κ1) is 15.2. The number of hydrogen-bond acceptors (Lipinski definition) is 2. The molecule has 0 radical (unpaired) electrons. The highest BCUT2D eigenvalue weighted by atomic mass is 16.2. The summed E-state index contributed by atoms with van der Waals surface area (Å²) in [6.45, 7) is 2.67. The van der Waals surface area contributed by atoms with Crippen LogP contribution in [0.3, 0.4) is 0 Å². The lowest BCUT2D eigenvalue weighted by molar-refractivity contribution is -0.130. The zero-order chi connectivity index (χ0) is 16.7. The molecule has 1 aliphatic carbocycles. The van der Waals surface area contributed by atoms with Crippen LogP contribution in [0, 0.1) is 5.92 Å². The summed E-state index contributed by atoms with van der Waals surface area (Å²) < 4.78 is 1.95. The molecule has 1 saturated carbocycles. The number of carbonyl (C=O) groups excluding carboxylic acids is 2. The normalized spacial score (nSPS) is 19.0. The highest BCUT2D eigenvalue weighted by Crippen LogP contribution is 2.30. The van der Waals surface area contributed by atoms with Gasteiger partial charge in [-0.15, -0.1) is 0 Å². The van der Waals surface area contributed by atoms with E-state index in [1.807, 2.05) is 51.7 Å². The molecule has 126 valence electrons. The molecule has 2 fully saturated rings. The predicted octanol–water partition coefficient (Wildman–Crippen LogP) is 2.26. The summed E-state index contributed by atoms with van der Waals surface area (Å²) in [5.41, 5.74) is 1.75. The van der Waals surface area contributed by atoms with Crippen molar-refractivity contribution >= 4 is 22.7 Å². The van der Waals surface area contributed by atoms with Gasteiger partial charge in [0, 0.05) is 50.6 Å². The number of rotatable bonds is 3. The molecule has 5 nitrogen and oxygen atoms in total. The molecule has 0 unspecified atom stereocenters. The third kappa shape index (κ3) is 2.79. The maximum atomic E-state index is 13.0. The molecule has 2 heterocycles. The Balaban J connectivity index is 1.53. The molecule has 1 aromatic heterocycles. The predicted molar refractivity (Wildman–Crippen MR) is 92.7 cm³/mol. The van der Waals surface area contributed by atoms with Crippen molar-refractivity contribution in [2.75, 3.05) is 26.2 Å². The van der Waals surface area contributed by atoms with Crippen molar-refractivity contribution in [1.29, 1.82) is 0 Å². The van der Waals surface area contributed by atoms with E-state index in [-0.39, 0.29) is 11.8 Å². The van der Waals surface area contributed by atoms with E-state index in [1.54, 1.807) is 0 Å². The fraction of sp³-hybridized carbons (Fsp3) is 0.474. The molecule has 0 spiro atoms. The summed E-state index contributed by atoms with van der Waals surface area (Å²) >= 11 is 0. The Labute approximate surface area is 141 Å². The number of carbonyl (C=O) groups is 2. The monoisotopic (exact) mass is 325 g/mol. The van der Waals surface area contributed by atoms with Crippen molar-refractivity contribution < 1.29 is 9.59 Å². The molecule has 0 bridgehead atoms. The quantitative estimate of drug-likeness (QED) is 0.869. The van der Waals surface area contributed by atoms with Gasteiger partial charge in [0.25, 0.3) is 5.91 Å². The fourth-order valence-corrected chi connectivity index (χ4v) is 3.53. The van der Waals surface area contributed by atoms with Gasteiger partial charge >= 0.3 is 0 Å².